The summed E-state index contributed by atoms with van der Waals surface area (Å²) in [5.74, 6) is -2.09. The molecule has 144 valence electrons. The van der Waals surface area contributed by atoms with E-state index in [0.29, 0.717) is 11.1 Å². The van der Waals surface area contributed by atoms with Crippen LogP contribution < -0.4 is 5.11 Å². The van der Waals surface area contributed by atoms with Crippen LogP contribution in [0.1, 0.15) is 18.9 Å². The number of esters is 1. The molecule has 0 saturated carbocycles. The zero-order valence-electron chi connectivity index (χ0n) is 14.8. The molecular formula is C18H15N4O6-. The van der Waals surface area contributed by atoms with Crippen LogP contribution in [0.5, 0.6) is 0 Å². The third-order valence-corrected chi connectivity index (χ3v) is 3.58. The lowest BCUT2D eigenvalue weighted by Crippen LogP contribution is -2.23. The molecular weight excluding hydrogens is 368 g/mol. The summed E-state index contributed by atoms with van der Waals surface area (Å²) < 4.78 is 6.12. The van der Waals surface area contributed by atoms with Crippen molar-refractivity contribution in [3.63, 3.8) is 0 Å². The molecule has 0 unspecified atom stereocenters. The van der Waals surface area contributed by atoms with Gasteiger partial charge in [-0.2, -0.15) is 10.4 Å². The second-order valence-corrected chi connectivity index (χ2v) is 5.52. The van der Waals surface area contributed by atoms with Gasteiger partial charge < -0.3 is 14.6 Å². The summed E-state index contributed by atoms with van der Waals surface area (Å²) in [6.07, 6.45) is 2.38. The van der Waals surface area contributed by atoms with Crippen LogP contribution in [0.2, 0.25) is 0 Å². The van der Waals surface area contributed by atoms with Gasteiger partial charge in [-0.1, -0.05) is 12.1 Å². The molecule has 0 spiro atoms. The second kappa shape index (κ2) is 9.09. The van der Waals surface area contributed by atoms with Crippen LogP contribution in [0.3, 0.4) is 0 Å². The minimum Gasteiger partial charge on any atom is -0.550 e. The van der Waals surface area contributed by atoms with Crippen LogP contribution in [-0.4, -0.2) is 33.2 Å². The number of carbonyl (C=O) groups is 2. The molecule has 2 aromatic rings. The van der Waals surface area contributed by atoms with Crippen molar-refractivity contribution < 1.29 is 24.4 Å². The van der Waals surface area contributed by atoms with E-state index in [9.17, 15) is 30.1 Å². The third kappa shape index (κ3) is 5.01. The smallest absolute Gasteiger partial charge is 0.348 e. The number of carbonyl (C=O) groups excluding carboxylic acids is 2. The fraction of sp³-hybridized carbons (Fsp3) is 0.222. The number of hydrogen-bond acceptors (Lipinski definition) is 8. The van der Waals surface area contributed by atoms with Gasteiger partial charge in [0.15, 0.2) is 0 Å². The van der Waals surface area contributed by atoms with Crippen LogP contribution >= 0.6 is 0 Å². The van der Waals surface area contributed by atoms with Crippen molar-refractivity contribution in [1.82, 2.24) is 9.78 Å². The van der Waals surface area contributed by atoms with Crippen molar-refractivity contribution in [3.8, 4) is 17.3 Å². The zero-order valence-corrected chi connectivity index (χ0v) is 14.8. The average Bonchev–Trinajstić information content (AvgIpc) is 3.07. The van der Waals surface area contributed by atoms with E-state index in [2.05, 4.69) is 5.10 Å². The Hall–Kier alpha value is -4.00. The minimum absolute atomic E-state index is 0.0145. The number of nitro benzene ring substituents is 1. The number of carboxylic acid groups (broad SMARTS) is 1. The molecule has 10 nitrogen and oxygen atoms in total. The number of nitro groups is 1. The van der Waals surface area contributed by atoms with Gasteiger partial charge >= 0.3 is 5.97 Å². The predicted octanol–water partition coefficient (Wildman–Crippen LogP) is 1.07. The Morgan fingerprint density at radius 2 is 2.18 bits per heavy atom. The van der Waals surface area contributed by atoms with Crippen molar-refractivity contribution in [2.24, 2.45) is 0 Å². The number of rotatable bonds is 8. The number of hydrogen-bond donors (Lipinski definition) is 0. The van der Waals surface area contributed by atoms with Gasteiger partial charge in [0.25, 0.3) is 5.69 Å². The molecule has 0 aliphatic carbocycles. The molecule has 0 aliphatic heterocycles. The predicted molar refractivity (Wildman–Crippen MR) is 94.2 cm³/mol. The van der Waals surface area contributed by atoms with Gasteiger partial charge in [0.05, 0.1) is 17.2 Å². The molecule has 0 saturated heterocycles. The number of benzene rings is 1. The number of ether oxygens (including phenoxy) is 1. The molecule has 0 amide bonds. The molecule has 0 aliphatic rings. The van der Waals surface area contributed by atoms with E-state index in [-0.39, 0.29) is 36.5 Å². The van der Waals surface area contributed by atoms with Crippen molar-refractivity contribution >= 4 is 23.7 Å². The Kier molecular flexibility index (Phi) is 6.59. The van der Waals surface area contributed by atoms with E-state index < -0.39 is 16.9 Å². The highest BCUT2D eigenvalue weighted by Gasteiger charge is 2.17. The van der Waals surface area contributed by atoms with Crippen LogP contribution in [0.25, 0.3) is 17.3 Å². The van der Waals surface area contributed by atoms with Gasteiger partial charge in [0.2, 0.25) is 0 Å². The summed E-state index contributed by atoms with van der Waals surface area (Å²) >= 11 is 0. The van der Waals surface area contributed by atoms with Crippen molar-refractivity contribution in [2.45, 2.75) is 19.9 Å². The highest BCUT2D eigenvalue weighted by molar-refractivity contribution is 5.98. The molecule has 1 heterocycles. The normalized spacial score (nSPS) is 10.9. The largest absolute Gasteiger partial charge is 0.550 e. The van der Waals surface area contributed by atoms with Gasteiger partial charge in [-0.3, -0.25) is 14.8 Å². The SMILES string of the molecule is CCOC(=O)/C(C#N)=C/c1cn(CCC(=O)[O-])nc1-c1cccc([N+](=O)[O-])c1. The number of aliphatic carboxylic acids is 1. The standard InChI is InChI=1S/C18H16N4O6/c1-2-28-18(25)13(10-19)8-14-11-21(7-6-16(23)24)20-17(14)12-4-3-5-15(9-12)22(26)27/h3-5,8-9,11H,2,6-7H2,1H3,(H,23,24)/p-1/b13-8+. The molecule has 28 heavy (non-hydrogen) atoms. The Morgan fingerprint density at radius 3 is 2.79 bits per heavy atom. The van der Waals surface area contributed by atoms with E-state index in [4.69, 9.17) is 4.74 Å². The first-order chi connectivity index (χ1) is 13.3. The third-order valence-electron chi connectivity index (χ3n) is 3.58. The second-order valence-electron chi connectivity index (χ2n) is 5.52. The maximum atomic E-state index is 11.9. The Balaban J connectivity index is 2.55. The molecule has 0 fully saturated rings. The monoisotopic (exact) mass is 383 g/mol. The molecule has 10 heteroatoms. The van der Waals surface area contributed by atoms with Crippen molar-refractivity contribution in [3.05, 3.63) is 51.7 Å². The highest BCUT2D eigenvalue weighted by Crippen LogP contribution is 2.27. The number of nitriles is 1. The highest BCUT2D eigenvalue weighted by atomic mass is 16.6. The molecule has 1 aromatic carbocycles. The summed E-state index contributed by atoms with van der Waals surface area (Å²) in [5, 5.41) is 35.2. The fourth-order valence-corrected chi connectivity index (χ4v) is 2.36. The summed E-state index contributed by atoms with van der Waals surface area (Å²) in [6.45, 7) is 1.67. The summed E-state index contributed by atoms with van der Waals surface area (Å²) in [6, 6.07) is 7.39. The van der Waals surface area contributed by atoms with Gasteiger partial charge in [0.1, 0.15) is 11.6 Å². The van der Waals surface area contributed by atoms with Crippen molar-refractivity contribution in [1.29, 1.82) is 5.26 Å². The average molecular weight is 383 g/mol. The van der Waals surface area contributed by atoms with Gasteiger partial charge in [0, 0.05) is 48.4 Å². The molecule has 0 N–H and O–H groups in total. The molecule has 2 rings (SSSR count). The Bertz CT molecular complexity index is 986. The van der Waals surface area contributed by atoms with Gasteiger partial charge in [-0.25, -0.2) is 4.79 Å². The lowest BCUT2D eigenvalue weighted by Gasteiger charge is -2.02. The number of nitrogens with zero attached hydrogens (tertiary/aromatic N) is 4. The van der Waals surface area contributed by atoms with E-state index in [1.807, 2.05) is 0 Å². The number of carboxylic acids is 1. The van der Waals surface area contributed by atoms with E-state index in [1.54, 1.807) is 19.1 Å². The number of aryl methyl sites for hydroxylation is 1. The minimum atomic E-state index is -1.27. The maximum Gasteiger partial charge on any atom is 0.348 e. The Labute approximate surface area is 159 Å². The first-order valence-electron chi connectivity index (χ1n) is 8.16. The maximum absolute atomic E-state index is 11.9. The van der Waals surface area contributed by atoms with Crippen LogP contribution in [0.4, 0.5) is 5.69 Å². The zero-order chi connectivity index (χ0) is 20.7. The lowest BCUT2D eigenvalue weighted by molar-refractivity contribution is -0.384. The number of non-ortho nitro benzene ring substituents is 1. The van der Waals surface area contributed by atoms with E-state index in [1.165, 1.54) is 35.2 Å². The van der Waals surface area contributed by atoms with E-state index in [0.717, 1.165) is 0 Å². The summed E-state index contributed by atoms with van der Waals surface area (Å²) in [5.41, 5.74) is 0.479. The van der Waals surface area contributed by atoms with Crippen molar-refractivity contribution in [2.75, 3.05) is 6.61 Å². The number of aromatic nitrogens is 2. The fourth-order valence-electron chi connectivity index (χ4n) is 2.36. The lowest BCUT2D eigenvalue weighted by atomic mass is 10.1. The quantitative estimate of drug-likeness (QED) is 0.216. The summed E-state index contributed by atoms with van der Waals surface area (Å²) in [4.78, 5) is 33.0. The van der Waals surface area contributed by atoms with Crippen LogP contribution in [0.15, 0.2) is 36.0 Å². The van der Waals surface area contributed by atoms with Gasteiger partial charge in [-0.05, 0) is 13.0 Å². The molecule has 0 bridgehead atoms. The first kappa shape index (κ1) is 20.3. The molecule has 0 radical (unpaired) electrons. The first-order valence-corrected chi connectivity index (χ1v) is 8.16. The Morgan fingerprint density at radius 1 is 1.43 bits per heavy atom. The van der Waals surface area contributed by atoms with Crippen LogP contribution in [-0.2, 0) is 20.9 Å². The topological polar surface area (TPSA) is 151 Å². The van der Waals surface area contributed by atoms with Crippen LogP contribution in [0, 0.1) is 21.4 Å². The molecule has 1 aromatic heterocycles. The van der Waals surface area contributed by atoms with Gasteiger partial charge in [-0.15, -0.1) is 0 Å². The summed E-state index contributed by atoms with van der Waals surface area (Å²) in [7, 11) is 0. The molecule has 0 atom stereocenters. The van der Waals surface area contributed by atoms with E-state index >= 15 is 0 Å².